The van der Waals surface area contributed by atoms with Gasteiger partial charge in [0, 0.05) is 12.1 Å². The van der Waals surface area contributed by atoms with E-state index < -0.39 is 10.0 Å². The third kappa shape index (κ3) is 3.61. The molecule has 19 heavy (non-hydrogen) atoms. The number of rotatable bonds is 3. The lowest BCUT2D eigenvalue weighted by Gasteiger charge is -2.07. The van der Waals surface area contributed by atoms with Crippen LogP contribution in [0.25, 0.3) is 0 Å². The summed E-state index contributed by atoms with van der Waals surface area (Å²) in [7, 11) is -3.76. The molecular weight excluding hydrogens is 309 g/mol. The van der Waals surface area contributed by atoms with Crippen molar-refractivity contribution in [3.8, 4) is 11.5 Å². The van der Waals surface area contributed by atoms with E-state index in [1.165, 1.54) is 24.3 Å². The van der Waals surface area contributed by atoms with E-state index in [0.29, 0.717) is 21.5 Å². The Morgan fingerprint density at radius 3 is 2.26 bits per heavy atom. The van der Waals surface area contributed by atoms with Crippen LogP contribution in [-0.4, -0.2) is 8.42 Å². The van der Waals surface area contributed by atoms with E-state index >= 15 is 0 Å². The number of primary sulfonamides is 1. The molecular formula is C12H9Cl2NO3S. The number of benzene rings is 2. The van der Waals surface area contributed by atoms with E-state index in [0.717, 1.165) is 0 Å². The van der Waals surface area contributed by atoms with Crippen molar-refractivity contribution in [3.05, 3.63) is 52.5 Å². The molecule has 0 saturated carbocycles. The highest BCUT2D eigenvalue weighted by Gasteiger charge is 2.09. The highest BCUT2D eigenvalue weighted by atomic mass is 35.5. The number of hydrogen-bond acceptors (Lipinski definition) is 3. The zero-order chi connectivity index (χ0) is 14.0. The summed E-state index contributed by atoms with van der Waals surface area (Å²) in [5, 5.41) is 5.80. The molecule has 0 radical (unpaired) electrons. The SMILES string of the molecule is NS(=O)(=O)c1cccc(Oc2ccc(Cl)c(Cl)c2)c1. The topological polar surface area (TPSA) is 69.4 Å². The fourth-order valence-electron chi connectivity index (χ4n) is 1.39. The summed E-state index contributed by atoms with van der Waals surface area (Å²) in [6, 6.07) is 10.6. The fourth-order valence-corrected chi connectivity index (χ4v) is 2.23. The number of hydrogen-bond donors (Lipinski definition) is 1. The lowest BCUT2D eigenvalue weighted by molar-refractivity contribution is 0.481. The quantitative estimate of drug-likeness (QED) is 0.942. The number of nitrogens with two attached hydrogens (primary N) is 1. The van der Waals surface area contributed by atoms with E-state index in [-0.39, 0.29) is 4.90 Å². The minimum absolute atomic E-state index is 0.0231. The van der Waals surface area contributed by atoms with Gasteiger partial charge < -0.3 is 4.74 Å². The summed E-state index contributed by atoms with van der Waals surface area (Å²) in [5.74, 6) is 0.783. The molecule has 4 nitrogen and oxygen atoms in total. The standard InChI is InChI=1S/C12H9Cl2NO3S/c13-11-5-4-9(7-12(11)14)18-8-2-1-3-10(6-8)19(15,16)17/h1-7H,(H2,15,16,17). The Morgan fingerprint density at radius 2 is 1.63 bits per heavy atom. The maximum Gasteiger partial charge on any atom is 0.238 e. The molecule has 100 valence electrons. The molecule has 2 N–H and O–H groups in total. The number of sulfonamides is 1. The van der Waals surface area contributed by atoms with Crippen molar-refractivity contribution >= 4 is 33.2 Å². The first-order valence-electron chi connectivity index (χ1n) is 5.12. The predicted molar refractivity (Wildman–Crippen MR) is 74.4 cm³/mol. The third-order valence-corrected chi connectivity index (χ3v) is 3.91. The first-order valence-corrected chi connectivity index (χ1v) is 7.42. The van der Waals surface area contributed by atoms with Crippen LogP contribution in [0.4, 0.5) is 0 Å². The van der Waals surface area contributed by atoms with Crippen molar-refractivity contribution < 1.29 is 13.2 Å². The van der Waals surface area contributed by atoms with Gasteiger partial charge in [0.1, 0.15) is 11.5 Å². The second-order valence-corrected chi connectivity index (χ2v) is 6.07. The molecule has 0 bridgehead atoms. The highest BCUT2D eigenvalue weighted by molar-refractivity contribution is 7.89. The summed E-state index contributed by atoms with van der Waals surface area (Å²) >= 11 is 11.6. The van der Waals surface area contributed by atoms with Crippen LogP contribution in [0.15, 0.2) is 47.4 Å². The van der Waals surface area contributed by atoms with Crippen LogP contribution >= 0.6 is 23.2 Å². The van der Waals surface area contributed by atoms with Gasteiger partial charge in [-0.15, -0.1) is 0 Å². The van der Waals surface area contributed by atoms with Gasteiger partial charge in [-0.2, -0.15) is 0 Å². The molecule has 2 aromatic rings. The second kappa shape index (κ2) is 5.38. The molecule has 0 aliphatic rings. The van der Waals surface area contributed by atoms with Crippen molar-refractivity contribution in [2.75, 3.05) is 0 Å². The van der Waals surface area contributed by atoms with Gasteiger partial charge in [-0.25, -0.2) is 13.6 Å². The van der Waals surface area contributed by atoms with E-state index in [2.05, 4.69) is 0 Å². The van der Waals surface area contributed by atoms with Crippen molar-refractivity contribution in [1.29, 1.82) is 0 Å². The van der Waals surface area contributed by atoms with Crippen LogP contribution < -0.4 is 9.88 Å². The Morgan fingerprint density at radius 1 is 0.947 bits per heavy atom. The fraction of sp³-hybridized carbons (Fsp3) is 0. The van der Waals surface area contributed by atoms with Crippen LogP contribution in [0.2, 0.25) is 10.0 Å². The van der Waals surface area contributed by atoms with E-state index in [1.807, 2.05) is 0 Å². The zero-order valence-corrected chi connectivity index (χ0v) is 11.8. The molecule has 0 aromatic heterocycles. The summed E-state index contributed by atoms with van der Waals surface area (Å²) in [5.41, 5.74) is 0. The Bertz CT molecular complexity index is 717. The Hall–Kier alpha value is -1.27. The van der Waals surface area contributed by atoms with Gasteiger partial charge in [0.05, 0.1) is 14.9 Å². The van der Waals surface area contributed by atoms with Gasteiger partial charge >= 0.3 is 0 Å². The van der Waals surface area contributed by atoms with Crippen molar-refractivity contribution in [1.82, 2.24) is 0 Å². The largest absolute Gasteiger partial charge is 0.457 e. The first kappa shape index (κ1) is 14.1. The van der Waals surface area contributed by atoms with Crippen molar-refractivity contribution in [2.45, 2.75) is 4.90 Å². The average Bonchev–Trinajstić information content (AvgIpc) is 2.33. The maximum absolute atomic E-state index is 11.2. The van der Waals surface area contributed by atoms with Gasteiger partial charge in [0.15, 0.2) is 0 Å². The molecule has 2 rings (SSSR count). The van der Waals surface area contributed by atoms with Gasteiger partial charge in [0.2, 0.25) is 10.0 Å². The van der Waals surface area contributed by atoms with Gasteiger partial charge in [-0.05, 0) is 24.3 Å². The molecule has 2 aromatic carbocycles. The van der Waals surface area contributed by atoms with Crippen LogP contribution in [0.5, 0.6) is 11.5 Å². The second-order valence-electron chi connectivity index (χ2n) is 3.70. The molecule has 0 amide bonds. The lowest BCUT2D eigenvalue weighted by atomic mass is 10.3. The highest BCUT2D eigenvalue weighted by Crippen LogP contribution is 2.29. The summed E-state index contributed by atoms with van der Waals surface area (Å²) in [4.78, 5) is -0.0231. The lowest BCUT2D eigenvalue weighted by Crippen LogP contribution is -2.11. The number of halogens is 2. The molecule has 0 fully saturated rings. The molecule has 0 atom stereocenters. The Balaban J connectivity index is 2.31. The zero-order valence-electron chi connectivity index (χ0n) is 9.51. The Kier molecular flexibility index (Phi) is 4.01. The summed E-state index contributed by atoms with van der Waals surface area (Å²) < 4.78 is 27.9. The molecule has 0 unspecified atom stereocenters. The van der Waals surface area contributed by atoms with Gasteiger partial charge in [0.25, 0.3) is 0 Å². The van der Waals surface area contributed by atoms with E-state index in [9.17, 15) is 8.42 Å². The molecule has 7 heteroatoms. The molecule has 0 heterocycles. The van der Waals surface area contributed by atoms with Crippen LogP contribution in [0.1, 0.15) is 0 Å². The minimum atomic E-state index is -3.76. The van der Waals surface area contributed by atoms with Crippen LogP contribution in [-0.2, 0) is 10.0 Å². The maximum atomic E-state index is 11.2. The van der Waals surface area contributed by atoms with Crippen molar-refractivity contribution in [3.63, 3.8) is 0 Å². The Labute approximate surface area is 120 Å². The van der Waals surface area contributed by atoms with Gasteiger partial charge in [-0.3, -0.25) is 0 Å². The van der Waals surface area contributed by atoms with E-state index in [4.69, 9.17) is 33.1 Å². The third-order valence-electron chi connectivity index (χ3n) is 2.26. The first-order chi connectivity index (χ1) is 8.86. The molecule has 0 aliphatic heterocycles. The normalized spacial score (nSPS) is 11.3. The summed E-state index contributed by atoms with van der Waals surface area (Å²) in [6.07, 6.45) is 0. The smallest absolute Gasteiger partial charge is 0.238 e. The minimum Gasteiger partial charge on any atom is -0.457 e. The van der Waals surface area contributed by atoms with E-state index in [1.54, 1.807) is 18.2 Å². The average molecular weight is 318 g/mol. The molecule has 0 saturated heterocycles. The number of ether oxygens (including phenoxy) is 1. The summed E-state index contributed by atoms with van der Waals surface area (Å²) in [6.45, 7) is 0. The monoisotopic (exact) mass is 317 g/mol. The van der Waals surface area contributed by atoms with Crippen LogP contribution in [0, 0.1) is 0 Å². The van der Waals surface area contributed by atoms with Gasteiger partial charge in [-0.1, -0.05) is 29.3 Å². The van der Waals surface area contributed by atoms with Crippen LogP contribution in [0.3, 0.4) is 0 Å². The molecule has 0 aliphatic carbocycles. The predicted octanol–water partition coefficient (Wildman–Crippen LogP) is 3.43. The molecule has 0 spiro atoms. The van der Waals surface area contributed by atoms with Crippen molar-refractivity contribution in [2.24, 2.45) is 5.14 Å².